The fraction of sp³-hybridized carbons (Fsp3) is 0.500. The molecule has 1 saturated heterocycles. The first-order valence-electron chi connectivity index (χ1n) is 9.85. The fourth-order valence-corrected chi connectivity index (χ4v) is 3.53. The molecule has 3 rings (SSSR count). The van der Waals surface area contributed by atoms with Gasteiger partial charge in [0.1, 0.15) is 5.82 Å². The van der Waals surface area contributed by atoms with Gasteiger partial charge in [0.05, 0.1) is 19.9 Å². The number of methoxy groups -OCH3 is 1. The molecule has 0 bridgehead atoms. The lowest BCUT2D eigenvalue weighted by Crippen LogP contribution is -2.21. The molecular formula is C22H29FN2O2. The summed E-state index contributed by atoms with van der Waals surface area (Å²) >= 11 is 0. The van der Waals surface area contributed by atoms with Crippen molar-refractivity contribution in [1.29, 1.82) is 0 Å². The highest BCUT2D eigenvalue weighted by Gasteiger charge is 2.12. The van der Waals surface area contributed by atoms with Crippen LogP contribution in [0.3, 0.4) is 0 Å². The minimum Gasteiger partial charge on any atom is -0.493 e. The average molecular weight is 372 g/mol. The summed E-state index contributed by atoms with van der Waals surface area (Å²) in [6.07, 6.45) is 6.25. The van der Waals surface area contributed by atoms with Crippen molar-refractivity contribution in [3.63, 3.8) is 0 Å². The molecule has 1 aromatic heterocycles. The smallest absolute Gasteiger partial charge is 0.161 e. The predicted octanol–water partition coefficient (Wildman–Crippen LogP) is 4.25. The van der Waals surface area contributed by atoms with Gasteiger partial charge in [0.2, 0.25) is 0 Å². The molecule has 0 aliphatic carbocycles. The maximum absolute atomic E-state index is 13.7. The van der Waals surface area contributed by atoms with Gasteiger partial charge in [0.25, 0.3) is 0 Å². The van der Waals surface area contributed by atoms with E-state index in [4.69, 9.17) is 9.47 Å². The summed E-state index contributed by atoms with van der Waals surface area (Å²) in [7, 11) is 1.65. The van der Waals surface area contributed by atoms with Crippen molar-refractivity contribution >= 4 is 0 Å². The quantitative estimate of drug-likeness (QED) is 0.617. The molecule has 27 heavy (non-hydrogen) atoms. The lowest BCUT2D eigenvalue weighted by molar-refractivity contribution is 0.254. The fourth-order valence-electron chi connectivity index (χ4n) is 3.53. The van der Waals surface area contributed by atoms with Crippen LogP contribution in [0.4, 0.5) is 4.39 Å². The van der Waals surface area contributed by atoms with Crippen LogP contribution < -0.4 is 9.47 Å². The third-order valence-corrected chi connectivity index (χ3v) is 5.06. The van der Waals surface area contributed by atoms with Crippen LogP contribution in [0.2, 0.25) is 0 Å². The average Bonchev–Trinajstić information content (AvgIpc) is 3.20. The molecule has 5 heteroatoms. The van der Waals surface area contributed by atoms with Gasteiger partial charge in [0, 0.05) is 18.7 Å². The van der Waals surface area contributed by atoms with E-state index in [0.29, 0.717) is 25.0 Å². The molecule has 4 nitrogen and oxygen atoms in total. The van der Waals surface area contributed by atoms with E-state index in [9.17, 15) is 4.39 Å². The molecule has 1 aliphatic rings. The Morgan fingerprint density at radius 3 is 2.70 bits per heavy atom. The largest absolute Gasteiger partial charge is 0.493 e. The van der Waals surface area contributed by atoms with E-state index in [1.165, 1.54) is 32.1 Å². The van der Waals surface area contributed by atoms with Crippen molar-refractivity contribution in [2.24, 2.45) is 0 Å². The molecule has 0 radical (unpaired) electrons. The van der Waals surface area contributed by atoms with Crippen LogP contribution in [0.5, 0.6) is 11.5 Å². The van der Waals surface area contributed by atoms with E-state index in [2.05, 4.69) is 9.88 Å². The Bertz CT molecular complexity index is 745. The number of halogens is 1. The van der Waals surface area contributed by atoms with Crippen LogP contribution in [0.15, 0.2) is 30.5 Å². The Morgan fingerprint density at radius 2 is 1.96 bits per heavy atom. The van der Waals surface area contributed by atoms with Crippen molar-refractivity contribution < 1.29 is 13.9 Å². The molecule has 0 spiro atoms. The third kappa shape index (κ3) is 5.42. The van der Waals surface area contributed by atoms with E-state index < -0.39 is 0 Å². The minimum absolute atomic E-state index is 0.238. The molecule has 0 unspecified atom stereocenters. The molecule has 2 heterocycles. The second kappa shape index (κ2) is 9.70. The Kier molecular flexibility index (Phi) is 7.04. The van der Waals surface area contributed by atoms with Gasteiger partial charge in [-0.3, -0.25) is 4.98 Å². The molecule has 1 fully saturated rings. The number of likely N-dealkylation sites (tertiary alicyclic amines) is 1. The second-order valence-electron chi connectivity index (χ2n) is 7.03. The highest BCUT2D eigenvalue weighted by molar-refractivity contribution is 5.44. The van der Waals surface area contributed by atoms with E-state index in [1.807, 2.05) is 31.2 Å². The maximum Gasteiger partial charge on any atom is 0.161 e. The van der Waals surface area contributed by atoms with Crippen LogP contribution in [0, 0.1) is 5.82 Å². The molecule has 1 aromatic carbocycles. The lowest BCUT2D eigenvalue weighted by Gasteiger charge is -2.16. The molecule has 146 valence electrons. The third-order valence-electron chi connectivity index (χ3n) is 5.06. The lowest BCUT2D eigenvalue weighted by atomic mass is 10.1. The second-order valence-corrected chi connectivity index (χ2v) is 7.03. The first-order chi connectivity index (χ1) is 13.2. The van der Waals surface area contributed by atoms with Crippen molar-refractivity contribution in [2.75, 3.05) is 33.4 Å². The summed E-state index contributed by atoms with van der Waals surface area (Å²) < 4.78 is 25.1. The standard InChI is InChI=1S/C22H29FN2O2/c1-3-18-15-19(24-16-20(18)23)13-17-7-8-21(26-2)22(14-17)27-12-6-11-25-9-4-5-10-25/h7-8,14-16H,3-6,9-13H2,1-2H3. The molecule has 0 saturated carbocycles. The zero-order valence-corrected chi connectivity index (χ0v) is 16.3. The first kappa shape index (κ1) is 19.6. The topological polar surface area (TPSA) is 34.6 Å². The van der Waals surface area contributed by atoms with Gasteiger partial charge in [-0.15, -0.1) is 0 Å². The number of pyridine rings is 1. The number of hydrogen-bond acceptors (Lipinski definition) is 4. The number of aromatic nitrogens is 1. The summed E-state index contributed by atoms with van der Waals surface area (Å²) in [5.41, 5.74) is 2.64. The number of rotatable bonds is 9. The van der Waals surface area contributed by atoms with Crippen LogP contribution in [0.25, 0.3) is 0 Å². The molecule has 0 N–H and O–H groups in total. The van der Waals surface area contributed by atoms with Gasteiger partial charge in [-0.05, 0) is 68.1 Å². The summed E-state index contributed by atoms with van der Waals surface area (Å²) in [6, 6.07) is 7.78. The normalized spacial score (nSPS) is 14.5. The van der Waals surface area contributed by atoms with Gasteiger partial charge in [-0.25, -0.2) is 4.39 Å². The van der Waals surface area contributed by atoms with Gasteiger partial charge < -0.3 is 14.4 Å². The SMILES string of the molecule is CCc1cc(Cc2ccc(OC)c(OCCCN3CCCC3)c2)ncc1F. The predicted molar refractivity (Wildman–Crippen MR) is 105 cm³/mol. The van der Waals surface area contributed by atoms with Crippen LogP contribution in [0.1, 0.15) is 43.0 Å². The number of nitrogens with zero attached hydrogens (tertiary/aromatic N) is 2. The summed E-state index contributed by atoms with van der Waals surface area (Å²) in [6.45, 7) is 6.13. The highest BCUT2D eigenvalue weighted by Crippen LogP contribution is 2.29. The van der Waals surface area contributed by atoms with Gasteiger partial charge >= 0.3 is 0 Å². The Hall–Kier alpha value is -2.14. The van der Waals surface area contributed by atoms with E-state index in [0.717, 1.165) is 35.7 Å². The Labute approximate surface area is 161 Å². The van der Waals surface area contributed by atoms with Crippen LogP contribution in [-0.2, 0) is 12.8 Å². The zero-order chi connectivity index (χ0) is 19.1. The van der Waals surface area contributed by atoms with Crippen molar-refractivity contribution in [3.05, 3.63) is 53.1 Å². The Balaban J connectivity index is 1.62. The molecular weight excluding hydrogens is 343 g/mol. The van der Waals surface area contributed by atoms with Gasteiger partial charge in [0.15, 0.2) is 11.5 Å². The molecule has 1 aliphatic heterocycles. The number of ether oxygens (including phenoxy) is 2. The Morgan fingerprint density at radius 1 is 1.15 bits per heavy atom. The zero-order valence-electron chi connectivity index (χ0n) is 16.3. The van der Waals surface area contributed by atoms with E-state index >= 15 is 0 Å². The summed E-state index contributed by atoms with van der Waals surface area (Å²) in [5, 5.41) is 0. The van der Waals surface area contributed by atoms with Crippen molar-refractivity contribution in [3.8, 4) is 11.5 Å². The minimum atomic E-state index is -0.238. The number of aryl methyl sites for hydroxylation is 1. The molecule has 0 atom stereocenters. The highest BCUT2D eigenvalue weighted by atomic mass is 19.1. The van der Waals surface area contributed by atoms with Gasteiger partial charge in [-0.1, -0.05) is 13.0 Å². The van der Waals surface area contributed by atoms with Crippen LogP contribution in [-0.4, -0.2) is 43.2 Å². The van der Waals surface area contributed by atoms with Gasteiger partial charge in [-0.2, -0.15) is 0 Å². The molecule has 0 amide bonds. The van der Waals surface area contributed by atoms with Crippen molar-refractivity contribution in [2.45, 2.75) is 39.0 Å². The maximum atomic E-state index is 13.7. The number of hydrogen-bond donors (Lipinski definition) is 0. The summed E-state index contributed by atoms with van der Waals surface area (Å²) in [4.78, 5) is 6.71. The monoisotopic (exact) mass is 372 g/mol. The van der Waals surface area contributed by atoms with E-state index in [1.54, 1.807) is 7.11 Å². The first-order valence-corrected chi connectivity index (χ1v) is 9.85. The van der Waals surface area contributed by atoms with E-state index in [-0.39, 0.29) is 5.82 Å². The summed E-state index contributed by atoms with van der Waals surface area (Å²) in [5.74, 6) is 1.26. The molecule has 2 aromatic rings. The number of benzene rings is 1. The van der Waals surface area contributed by atoms with Crippen molar-refractivity contribution in [1.82, 2.24) is 9.88 Å². The van der Waals surface area contributed by atoms with Crippen LogP contribution >= 0.6 is 0 Å².